The van der Waals surface area contributed by atoms with Crippen molar-refractivity contribution in [3.63, 3.8) is 0 Å². The van der Waals surface area contributed by atoms with Gasteiger partial charge in [0.05, 0.1) is 16.9 Å². The van der Waals surface area contributed by atoms with E-state index in [9.17, 15) is 9.90 Å². The fourth-order valence-corrected chi connectivity index (χ4v) is 4.03. The SMILES string of the molecule is CC1CCCN1c1cccc(Nc2cc(-c3cccc(C(=O)O)c3)nn3ccnc23)n1.[NaH]. The number of nitrogens with one attached hydrogen (secondary N) is 1. The van der Waals surface area contributed by atoms with Gasteiger partial charge >= 0.3 is 35.5 Å². The molecular weight excluding hydrogens is 415 g/mol. The molecule has 0 saturated carbocycles. The third-order valence-electron chi connectivity index (χ3n) is 5.61. The van der Waals surface area contributed by atoms with Crippen LogP contribution in [-0.4, -0.2) is 72.8 Å². The van der Waals surface area contributed by atoms with Gasteiger partial charge in [-0.25, -0.2) is 19.3 Å². The van der Waals surface area contributed by atoms with Gasteiger partial charge in [0.2, 0.25) is 0 Å². The number of carboxylic acid groups (broad SMARTS) is 1. The van der Waals surface area contributed by atoms with E-state index >= 15 is 0 Å². The first-order chi connectivity index (χ1) is 15.1. The molecule has 1 aromatic carbocycles. The fourth-order valence-electron chi connectivity index (χ4n) is 4.03. The molecule has 1 unspecified atom stereocenters. The average molecular weight is 438 g/mol. The summed E-state index contributed by atoms with van der Waals surface area (Å²) in [4.78, 5) is 22.9. The van der Waals surface area contributed by atoms with E-state index in [1.54, 1.807) is 35.1 Å². The number of aromatic nitrogens is 4. The van der Waals surface area contributed by atoms with Crippen LogP contribution >= 0.6 is 0 Å². The van der Waals surface area contributed by atoms with Crippen LogP contribution in [0.25, 0.3) is 16.9 Å². The maximum absolute atomic E-state index is 11.4. The van der Waals surface area contributed by atoms with Gasteiger partial charge in [-0.3, -0.25) is 0 Å². The first-order valence-electron chi connectivity index (χ1n) is 10.3. The molecule has 0 spiro atoms. The van der Waals surface area contributed by atoms with E-state index in [1.165, 1.54) is 12.8 Å². The molecule has 1 fully saturated rings. The number of carboxylic acids is 1. The summed E-state index contributed by atoms with van der Waals surface area (Å²) in [6, 6.07) is 15.1. The first-order valence-corrected chi connectivity index (χ1v) is 10.3. The summed E-state index contributed by atoms with van der Waals surface area (Å²) in [5.74, 6) is 0.705. The van der Waals surface area contributed by atoms with Crippen molar-refractivity contribution in [2.45, 2.75) is 25.8 Å². The van der Waals surface area contributed by atoms with Crippen molar-refractivity contribution in [1.29, 1.82) is 0 Å². The Morgan fingerprint density at radius 1 is 1.19 bits per heavy atom. The summed E-state index contributed by atoms with van der Waals surface area (Å²) in [7, 11) is 0. The molecule has 5 rings (SSSR count). The summed E-state index contributed by atoms with van der Waals surface area (Å²) in [5.41, 5.74) is 2.98. The van der Waals surface area contributed by atoms with Gasteiger partial charge < -0.3 is 15.3 Å². The van der Waals surface area contributed by atoms with Gasteiger partial charge in [-0.2, -0.15) is 5.10 Å². The molecule has 1 atom stereocenters. The molecule has 1 aliphatic heterocycles. The Labute approximate surface area is 207 Å². The van der Waals surface area contributed by atoms with Gasteiger partial charge in [0, 0.05) is 30.5 Å². The second-order valence-electron chi connectivity index (χ2n) is 7.72. The van der Waals surface area contributed by atoms with E-state index in [-0.39, 0.29) is 35.1 Å². The quantitative estimate of drug-likeness (QED) is 0.460. The third kappa shape index (κ3) is 4.34. The maximum atomic E-state index is 11.4. The van der Waals surface area contributed by atoms with Crippen LogP contribution in [0.5, 0.6) is 0 Å². The normalized spacial score (nSPS) is 15.5. The Morgan fingerprint density at radius 3 is 2.81 bits per heavy atom. The molecule has 8 nitrogen and oxygen atoms in total. The summed E-state index contributed by atoms with van der Waals surface area (Å²) >= 11 is 0. The van der Waals surface area contributed by atoms with Crippen molar-refractivity contribution in [3.05, 3.63) is 66.5 Å². The molecule has 4 heterocycles. The number of aromatic carboxylic acids is 1. The van der Waals surface area contributed by atoms with Crippen molar-refractivity contribution >= 4 is 58.5 Å². The second kappa shape index (κ2) is 9.28. The number of carbonyl (C=O) groups is 1. The first kappa shape index (κ1) is 22.3. The number of nitrogens with zero attached hydrogens (tertiary/aromatic N) is 5. The number of fused-ring (bicyclic) bond motifs is 1. The van der Waals surface area contributed by atoms with E-state index in [1.807, 2.05) is 30.3 Å². The molecule has 0 aliphatic carbocycles. The summed E-state index contributed by atoms with van der Waals surface area (Å²) in [6.07, 6.45) is 5.80. The molecule has 1 aliphatic rings. The predicted molar refractivity (Wildman–Crippen MR) is 126 cm³/mol. The average Bonchev–Trinajstić information content (AvgIpc) is 3.43. The molecule has 4 aromatic rings. The number of hydrogen-bond acceptors (Lipinski definition) is 6. The van der Waals surface area contributed by atoms with Crippen molar-refractivity contribution in [1.82, 2.24) is 19.6 Å². The molecule has 0 radical (unpaired) electrons. The number of hydrogen-bond donors (Lipinski definition) is 2. The minimum atomic E-state index is -0.971. The minimum absolute atomic E-state index is 0. The monoisotopic (exact) mass is 438 g/mol. The predicted octanol–water partition coefficient (Wildman–Crippen LogP) is 3.57. The fraction of sp³-hybridized carbons (Fsp3) is 0.217. The third-order valence-corrected chi connectivity index (χ3v) is 5.61. The topological polar surface area (TPSA) is 95.7 Å². The molecule has 32 heavy (non-hydrogen) atoms. The van der Waals surface area contributed by atoms with Gasteiger partial charge in [-0.15, -0.1) is 0 Å². The van der Waals surface area contributed by atoms with Crippen LogP contribution in [0.3, 0.4) is 0 Å². The van der Waals surface area contributed by atoms with E-state index in [4.69, 9.17) is 4.98 Å². The molecule has 3 aromatic heterocycles. The molecular formula is C23H23N6NaO2. The van der Waals surface area contributed by atoms with Gasteiger partial charge in [0.25, 0.3) is 0 Å². The number of rotatable bonds is 5. The second-order valence-corrected chi connectivity index (χ2v) is 7.72. The zero-order valence-corrected chi connectivity index (χ0v) is 17.1. The Bertz CT molecular complexity index is 1270. The van der Waals surface area contributed by atoms with Crippen LogP contribution in [-0.2, 0) is 0 Å². The number of benzene rings is 1. The number of pyridine rings is 1. The van der Waals surface area contributed by atoms with Crippen LogP contribution in [0.2, 0.25) is 0 Å². The number of imidazole rings is 1. The van der Waals surface area contributed by atoms with Gasteiger partial charge in [-0.1, -0.05) is 18.2 Å². The molecule has 0 amide bonds. The summed E-state index contributed by atoms with van der Waals surface area (Å²) in [5, 5.41) is 17.3. The van der Waals surface area contributed by atoms with Gasteiger partial charge in [-0.05, 0) is 50.1 Å². The van der Waals surface area contributed by atoms with Crippen LogP contribution in [0, 0.1) is 0 Å². The van der Waals surface area contributed by atoms with E-state index in [0.717, 1.165) is 23.9 Å². The zero-order valence-electron chi connectivity index (χ0n) is 17.1. The van der Waals surface area contributed by atoms with E-state index in [2.05, 4.69) is 27.2 Å². The molecule has 1 saturated heterocycles. The Kier molecular flexibility index (Phi) is 6.45. The van der Waals surface area contributed by atoms with Gasteiger partial charge in [0.1, 0.15) is 11.6 Å². The molecule has 9 heteroatoms. The molecule has 2 N–H and O–H groups in total. The molecule has 0 bridgehead atoms. The van der Waals surface area contributed by atoms with Gasteiger partial charge in [0.15, 0.2) is 5.65 Å². The van der Waals surface area contributed by atoms with Crippen molar-refractivity contribution in [2.24, 2.45) is 0 Å². The Morgan fingerprint density at radius 2 is 2.03 bits per heavy atom. The van der Waals surface area contributed by atoms with Crippen LogP contribution in [0.4, 0.5) is 17.3 Å². The van der Waals surface area contributed by atoms with Crippen molar-refractivity contribution in [2.75, 3.05) is 16.8 Å². The Hall–Kier alpha value is -2.94. The number of anilines is 3. The van der Waals surface area contributed by atoms with Crippen molar-refractivity contribution in [3.8, 4) is 11.3 Å². The molecule has 158 valence electrons. The Balaban J connectivity index is 0.00000245. The van der Waals surface area contributed by atoms with Crippen LogP contribution in [0.1, 0.15) is 30.1 Å². The summed E-state index contributed by atoms with van der Waals surface area (Å²) < 4.78 is 1.68. The summed E-state index contributed by atoms with van der Waals surface area (Å²) in [6.45, 7) is 3.24. The van der Waals surface area contributed by atoms with E-state index < -0.39 is 5.97 Å². The van der Waals surface area contributed by atoms with E-state index in [0.29, 0.717) is 22.9 Å². The van der Waals surface area contributed by atoms with Crippen LogP contribution < -0.4 is 10.2 Å². The van der Waals surface area contributed by atoms with Crippen molar-refractivity contribution < 1.29 is 9.90 Å². The van der Waals surface area contributed by atoms with Crippen LogP contribution in [0.15, 0.2) is 60.9 Å². The zero-order chi connectivity index (χ0) is 21.4. The standard InChI is InChI=1S/C23H22N6O2.Na.H/c1-15-5-4-11-28(15)21-9-3-8-20(26-21)25-19-14-18(27-29-12-10-24-22(19)29)16-6-2-7-17(13-16)23(30)31;;/h2-3,6-10,12-15H,4-5,11H2,1H3,(H,25,26)(H,30,31);;.